The summed E-state index contributed by atoms with van der Waals surface area (Å²) in [6.45, 7) is 6.87. The molecule has 1 rings (SSSR count). The molecule has 0 radical (unpaired) electrons. The Kier molecular flexibility index (Phi) is 5.41. The van der Waals surface area contributed by atoms with Crippen LogP contribution in [0.2, 0.25) is 0 Å². The standard InChI is InChI=1S/C13H25NO4/c1-13(2,3)14(12(16)17)11(8-15)7-10-5-4-6-18-9-10/h10-11,15H,4-9H2,1-3H3,(H,16,17)/t10?,11-/m0/s1. The fraction of sp³-hybridized carbons (Fsp3) is 0.923. The van der Waals surface area contributed by atoms with E-state index < -0.39 is 11.6 Å². The van der Waals surface area contributed by atoms with Crippen LogP contribution < -0.4 is 0 Å². The Morgan fingerprint density at radius 1 is 1.50 bits per heavy atom. The summed E-state index contributed by atoms with van der Waals surface area (Å²) < 4.78 is 5.41. The lowest BCUT2D eigenvalue weighted by atomic mass is 9.92. The normalized spacial score (nSPS) is 22.6. The number of rotatable bonds is 4. The third kappa shape index (κ3) is 4.14. The number of carboxylic acid groups (broad SMARTS) is 1. The molecule has 1 aliphatic rings. The molecule has 2 N–H and O–H groups in total. The molecule has 0 bridgehead atoms. The van der Waals surface area contributed by atoms with Crippen LogP contribution in [0.3, 0.4) is 0 Å². The largest absolute Gasteiger partial charge is 0.465 e. The minimum absolute atomic E-state index is 0.139. The first-order chi connectivity index (χ1) is 8.36. The number of aliphatic hydroxyl groups excluding tert-OH is 1. The number of nitrogens with zero attached hydrogens (tertiary/aromatic N) is 1. The van der Waals surface area contributed by atoms with E-state index in [0.717, 1.165) is 19.4 Å². The van der Waals surface area contributed by atoms with Gasteiger partial charge in [0.2, 0.25) is 0 Å². The van der Waals surface area contributed by atoms with Crippen molar-refractivity contribution >= 4 is 6.09 Å². The molecule has 1 saturated heterocycles. The number of hydrogen-bond donors (Lipinski definition) is 2. The van der Waals surface area contributed by atoms with Gasteiger partial charge in [-0.15, -0.1) is 0 Å². The van der Waals surface area contributed by atoms with Gasteiger partial charge in [-0.3, -0.25) is 4.90 Å². The van der Waals surface area contributed by atoms with E-state index in [1.54, 1.807) is 0 Å². The third-order valence-electron chi connectivity index (χ3n) is 3.36. The summed E-state index contributed by atoms with van der Waals surface area (Å²) >= 11 is 0. The lowest BCUT2D eigenvalue weighted by Crippen LogP contribution is -2.53. The molecular formula is C13H25NO4. The molecule has 0 aromatic carbocycles. The summed E-state index contributed by atoms with van der Waals surface area (Å²) in [5, 5.41) is 18.8. The van der Waals surface area contributed by atoms with E-state index in [-0.39, 0.29) is 12.6 Å². The number of ether oxygens (including phenoxy) is 1. The molecule has 0 aromatic rings. The quantitative estimate of drug-likeness (QED) is 0.809. The second-order valence-electron chi connectivity index (χ2n) is 5.98. The third-order valence-corrected chi connectivity index (χ3v) is 3.36. The molecule has 0 spiro atoms. The zero-order valence-corrected chi connectivity index (χ0v) is 11.6. The van der Waals surface area contributed by atoms with Crippen LogP contribution in [0.15, 0.2) is 0 Å². The maximum Gasteiger partial charge on any atom is 0.408 e. The molecule has 1 amide bonds. The molecule has 5 heteroatoms. The van der Waals surface area contributed by atoms with Crippen molar-refractivity contribution < 1.29 is 19.7 Å². The van der Waals surface area contributed by atoms with Gasteiger partial charge < -0.3 is 14.9 Å². The van der Waals surface area contributed by atoms with Crippen LogP contribution >= 0.6 is 0 Å². The molecule has 5 nitrogen and oxygen atoms in total. The Morgan fingerprint density at radius 3 is 2.56 bits per heavy atom. The summed E-state index contributed by atoms with van der Waals surface area (Å²) in [7, 11) is 0. The van der Waals surface area contributed by atoms with Crippen molar-refractivity contribution in [2.75, 3.05) is 19.8 Å². The zero-order valence-electron chi connectivity index (χ0n) is 11.6. The molecule has 1 heterocycles. The highest BCUT2D eigenvalue weighted by molar-refractivity contribution is 5.66. The molecule has 2 atom stereocenters. The smallest absolute Gasteiger partial charge is 0.408 e. The first-order valence-electron chi connectivity index (χ1n) is 6.57. The fourth-order valence-corrected chi connectivity index (χ4v) is 2.63. The summed E-state index contributed by atoms with van der Waals surface area (Å²) in [5.74, 6) is 0.347. The molecule has 106 valence electrons. The molecule has 1 aliphatic heterocycles. The summed E-state index contributed by atoms with van der Waals surface area (Å²) in [5.41, 5.74) is -0.505. The number of carbonyl (C=O) groups is 1. The van der Waals surface area contributed by atoms with E-state index in [4.69, 9.17) is 4.74 Å². The summed E-state index contributed by atoms with van der Waals surface area (Å²) in [4.78, 5) is 12.7. The van der Waals surface area contributed by atoms with Gasteiger partial charge in [-0.2, -0.15) is 0 Å². The maximum atomic E-state index is 11.4. The lowest BCUT2D eigenvalue weighted by Gasteiger charge is -2.40. The molecular weight excluding hydrogens is 234 g/mol. The minimum Gasteiger partial charge on any atom is -0.465 e. The second kappa shape index (κ2) is 6.38. The van der Waals surface area contributed by atoms with Gasteiger partial charge in [-0.05, 0) is 46.0 Å². The summed E-state index contributed by atoms with van der Waals surface area (Å²) in [6, 6.07) is -0.353. The molecule has 0 saturated carbocycles. The second-order valence-corrected chi connectivity index (χ2v) is 5.98. The van der Waals surface area contributed by atoms with Gasteiger partial charge in [-0.25, -0.2) is 4.79 Å². The molecule has 18 heavy (non-hydrogen) atoms. The van der Waals surface area contributed by atoms with Crippen LogP contribution in [0.1, 0.15) is 40.0 Å². The highest BCUT2D eigenvalue weighted by Crippen LogP contribution is 2.25. The van der Waals surface area contributed by atoms with Crippen molar-refractivity contribution in [2.45, 2.75) is 51.6 Å². The maximum absolute atomic E-state index is 11.4. The van der Waals surface area contributed by atoms with Gasteiger partial charge in [-0.1, -0.05) is 0 Å². The number of hydrogen-bond acceptors (Lipinski definition) is 3. The Hall–Kier alpha value is -0.810. The lowest BCUT2D eigenvalue weighted by molar-refractivity contribution is 0.00771. The van der Waals surface area contributed by atoms with Crippen molar-refractivity contribution in [1.82, 2.24) is 4.90 Å². The Labute approximate surface area is 109 Å². The molecule has 0 aliphatic carbocycles. The topological polar surface area (TPSA) is 70.0 Å². The van der Waals surface area contributed by atoms with Crippen molar-refractivity contribution in [1.29, 1.82) is 0 Å². The highest BCUT2D eigenvalue weighted by Gasteiger charge is 2.34. The first kappa shape index (κ1) is 15.2. The Balaban J connectivity index is 2.69. The van der Waals surface area contributed by atoms with E-state index in [1.165, 1.54) is 4.90 Å². The van der Waals surface area contributed by atoms with Crippen LogP contribution in [0.4, 0.5) is 4.79 Å². The SMILES string of the molecule is CC(C)(C)N(C(=O)O)[C@H](CO)CC1CCCOC1. The monoisotopic (exact) mass is 259 g/mol. The zero-order chi connectivity index (χ0) is 13.8. The molecule has 0 aromatic heterocycles. The van der Waals surface area contributed by atoms with E-state index >= 15 is 0 Å². The van der Waals surface area contributed by atoms with Gasteiger partial charge in [0.05, 0.1) is 12.6 Å². The average molecular weight is 259 g/mol. The van der Waals surface area contributed by atoms with Crippen molar-refractivity contribution in [3.05, 3.63) is 0 Å². The van der Waals surface area contributed by atoms with E-state index in [0.29, 0.717) is 18.9 Å². The summed E-state index contributed by atoms with van der Waals surface area (Å²) in [6.07, 6.45) is 1.76. The van der Waals surface area contributed by atoms with Crippen LogP contribution in [-0.4, -0.2) is 52.6 Å². The van der Waals surface area contributed by atoms with Crippen LogP contribution in [0.5, 0.6) is 0 Å². The van der Waals surface area contributed by atoms with Crippen molar-refractivity contribution in [3.63, 3.8) is 0 Å². The average Bonchev–Trinajstić information content (AvgIpc) is 2.27. The predicted octanol–water partition coefficient (Wildman–Crippen LogP) is 1.94. The van der Waals surface area contributed by atoms with E-state index in [9.17, 15) is 15.0 Å². The van der Waals surface area contributed by atoms with Gasteiger partial charge in [0.1, 0.15) is 0 Å². The fourth-order valence-electron chi connectivity index (χ4n) is 2.63. The van der Waals surface area contributed by atoms with E-state index in [1.807, 2.05) is 20.8 Å². The van der Waals surface area contributed by atoms with Gasteiger partial charge >= 0.3 is 6.09 Å². The minimum atomic E-state index is -0.974. The van der Waals surface area contributed by atoms with E-state index in [2.05, 4.69) is 0 Å². The number of aliphatic hydroxyl groups is 1. The van der Waals surface area contributed by atoms with Crippen LogP contribution in [-0.2, 0) is 4.74 Å². The predicted molar refractivity (Wildman–Crippen MR) is 68.7 cm³/mol. The first-order valence-corrected chi connectivity index (χ1v) is 6.57. The van der Waals surface area contributed by atoms with Gasteiger partial charge in [0.25, 0.3) is 0 Å². The van der Waals surface area contributed by atoms with Crippen molar-refractivity contribution in [2.24, 2.45) is 5.92 Å². The van der Waals surface area contributed by atoms with Crippen molar-refractivity contribution in [3.8, 4) is 0 Å². The van der Waals surface area contributed by atoms with Crippen LogP contribution in [0.25, 0.3) is 0 Å². The number of amides is 1. The van der Waals surface area contributed by atoms with Gasteiger partial charge in [0.15, 0.2) is 0 Å². The molecule has 1 unspecified atom stereocenters. The van der Waals surface area contributed by atoms with Gasteiger partial charge in [0, 0.05) is 18.8 Å². The van der Waals surface area contributed by atoms with Crippen LogP contribution in [0, 0.1) is 5.92 Å². The highest BCUT2D eigenvalue weighted by atomic mass is 16.5. The Morgan fingerprint density at radius 2 is 2.17 bits per heavy atom. The Bertz CT molecular complexity index is 269. The molecule has 1 fully saturated rings.